The summed E-state index contributed by atoms with van der Waals surface area (Å²) in [5.41, 5.74) is 2.25. The average molecular weight is 392 g/mol. The van der Waals surface area contributed by atoms with Crippen molar-refractivity contribution in [1.29, 1.82) is 0 Å². The minimum Gasteiger partial charge on any atom is -0.496 e. The van der Waals surface area contributed by atoms with Gasteiger partial charge in [0, 0.05) is 6.54 Å². The summed E-state index contributed by atoms with van der Waals surface area (Å²) >= 11 is 0. The number of aryl methyl sites for hydroxylation is 1. The van der Waals surface area contributed by atoms with Gasteiger partial charge in [-0.25, -0.2) is 0 Å². The van der Waals surface area contributed by atoms with Gasteiger partial charge in [0.05, 0.1) is 7.11 Å². The number of nitrogens with one attached hydrogen (secondary N) is 2. The first-order chi connectivity index (χ1) is 14.1. The number of aromatic nitrogens is 2. The highest BCUT2D eigenvalue weighted by Gasteiger charge is 2.06. The van der Waals surface area contributed by atoms with E-state index in [-0.39, 0.29) is 12.5 Å². The van der Waals surface area contributed by atoms with E-state index in [1.807, 2.05) is 55.5 Å². The molecule has 0 aliphatic heterocycles. The number of methoxy groups -OCH3 is 1. The summed E-state index contributed by atoms with van der Waals surface area (Å²) in [6.45, 7) is 2.58. The van der Waals surface area contributed by atoms with Crippen LogP contribution in [0.4, 0.5) is 11.6 Å². The highest BCUT2D eigenvalue weighted by molar-refractivity contribution is 5.90. The average Bonchev–Trinajstić information content (AvgIpc) is 2.75. The molecule has 7 nitrogen and oxygen atoms in total. The van der Waals surface area contributed by atoms with Crippen LogP contribution in [0.5, 0.6) is 11.5 Å². The number of carbonyl (C=O) groups excluding carboxylic acids is 1. The fraction of sp³-hybridized carbons (Fsp3) is 0.227. The molecule has 150 valence electrons. The topological polar surface area (TPSA) is 85.4 Å². The first-order valence-electron chi connectivity index (χ1n) is 9.33. The molecular weight excluding hydrogens is 368 g/mol. The van der Waals surface area contributed by atoms with Crippen molar-refractivity contribution in [2.75, 3.05) is 30.9 Å². The molecule has 0 saturated carbocycles. The standard InChI is InChI=1S/C22H24N4O3/c1-16-7-9-18(10-8-16)29-15-22(27)24-21-12-11-20(25-26-21)23-14-13-17-5-3-4-6-19(17)28-2/h3-12H,13-15H2,1-2H3,(H,23,25)(H,24,26,27). The van der Waals surface area contributed by atoms with Crippen LogP contribution in [0.15, 0.2) is 60.7 Å². The van der Waals surface area contributed by atoms with Crippen LogP contribution in [0.2, 0.25) is 0 Å². The van der Waals surface area contributed by atoms with Gasteiger partial charge in [-0.15, -0.1) is 10.2 Å². The van der Waals surface area contributed by atoms with Gasteiger partial charge in [0.2, 0.25) is 0 Å². The lowest BCUT2D eigenvalue weighted by molar-refractivity contribution is -0.118. The molecule has 1 amide bonds. The molecule has 0 radical (unpaired) electrons. The predicted molar refractivity (Wildman–Crippen MR) is 113 cm³/mol. The predicted octanol–water partition coefficient (Wildman–Crippen LogP) is 3.47. The maximum absolute atomic E-state index is 12.0. The maximum atomic E-state index is 12.0. The van der Waals surface area contributed by atoms with Crippen LogP contribution in [0.3, 0.4) is 0 Å². The second-order valence-corrected chi connectivity index (χ2v) is 6.44. The fourth-order valence-corrected chi connectivity index (χ4v) is 2.69. The minimum atomic E-state index is -0.295. The Balaban J connectivity index is 1.43. The second kappa shape index (κ2) is 10.1. The van der Waals surface area contributed by atoms with Gasteiger partial charge in [0.25, 0.3) is 5.91 Å². The molecule has 1 heterocycles. The molecule has 29 heavy (non-hydrogen) atoms. The Morgan fingerprint density at radius 1 is 0.966 bits per heavy atom. The summed E-state index contributed by atoms with van der Waals surface area (Å²) in [6, 6.07) is 18.9. The summed E-state index contributed by atoms with van der Waals surface area (Å²) in [6.07, 6.45) is 0.792. The maximum Gasteiger partial charge on any atom is 0.263 e. The molecular formula is C22H24N4O3. The first kappa shape index (κ1) is 20.1. The van der Waals surface area contributed by atoms with Crippen molar-refractivity contribution >= 4 is 17.5 Å². The van der Waals surface area contributed by atoms with Crippen LogP contribution in [-0.4, -0.2) is 36.4 Å². The van der Waals surface area contributed by atoms with Crippen LogP contribution >= 0.6 is 0 Å². The number of carbonyl (C=O) groups is 1. The molecule has 0 aliphatic rings. The number of rotatable bonds is 9. The van der Waals surface area contributed by atoms with E-state index < -0.39 is 0 Å². The molecule has 0 unspecified atom stereocenters. The van der Waals surface area contributed by atoms with E-state index in [4.69, 9.17) is 9.47 Å². The van der Waals surface area contributed by atoms with E-state index in [1.54, 1.807) is 19.2 Å². The number of anilines is 2. The smallest absolute Gasteiger partial charge is 0.263 e. The van der Waals surface area contributed by atoms with E-state index in [0.717, 1.165) is 23.3 Å². The Hall–Kier alpha value is -3.61. The summed E-state index contributed by atoms with van der Waals surface area (Å²) in [5.74, 6) is 2.22. The van der Waals surface area contributed by atoms with Crippen molar-refractivity contribution in [3.8, 4) is 11.5 Å². The largest absolute Gasteiger partial charge is 0.496 e. The van der Waals surface area contributed by atoms with Crippen molar-refractivity contribution in [2.45, 2.75) is 13.3 Å². The van der Waals surface area contributed by atoms with Gasteiger partial charge in [0.1, 0.15) is 17.3 Å². The van der Waals surface area contributed by atoms with Crippen LogP contribution < -0.4 is 20.1 Å². The molecule has 0 spiro atoms. The number of hydrogen-bond donors (Lipinski definition) is 2. The summed E-state index contributed by atoms with van der Waals surface area (Å²) in [7, 11) is 1.66. The van der Waals surface area contributed by atoms with Crippen molar-refractivity contribution in [2.24, 2.45) is 0 Å². The van der Waals surface area contributed by atoms with E-state index >= 15 is 0 Å². The molecule has 1 aromatic heterocycles. The molecule has 3 rings (SSSR count). The molecule has 2 aromatic carbocycles. The summed E-state index contributed by atoms with van der Waals surface area (Å²) in [5, 5.41) is 14.0. The Bertz CT molecular complexity index is 928. The van der Waals surface area contributed by atoms with Gasteiger partial charge in [-0.1, -0.05) is 35.9 Å². The lowest BCUT2D eigenvalue weighted by atomic mass is 10.1. The molecule has 3 aromatic rings. The zero-order valence-electron chi connectivity index (χ0n) is 16.5. The third kappa shape index (κ3) is 6.21. The van der Waals surface area contributed by atoms with Crippen molar-refractivity contribution in [1.82, 2.24) is 10.2 Å². The molecule has 0 bridgehead atoms. The lowest BCUT2D eigenvalue weighted by Crippen LogP contribution is -2.21. The zero-order valence-corrected chi connectivity index (χ0v) is 16.5. The van der Waals surface area contributed by atoms with E-state index in [1.165, 1.54) is 0 Å². The van der Waals surface area contributed by atoms with Gasteiger partial charge in [-0.3, -0.25) is 4.79 Å². The highest BCUT2D eigenvalue weighted by atomic mass is 16.5. The van der Waals surface area contributed by atoms with Crippen LogP contribution in [-0.2, 0) is 11.2 Å². The fourth-order valence-electron chi connectivity index (χ4n) is 2.69. The quantitative estimate of drug-likeness (QED) is 0.580. The van der Waals surface area contributed by atoms with E-state index in [0.29, 0.717) is 23.9 Å². The number of para-hydroxylation sites is 1. The molecule has 2 N–H and O–H groups in total. The van der Waals surface area contributed by atoms with Crippen LogP contribution in [0, 0.1) is 6.92 Å². The number of amides is 1. The summed E-state index contributed by atoms with van der Waals surface area (Å²) in [4.78, 5) is 12.0. The van der Waals surface area contributed by atoms with Gasteiger partial charge in [-0.05, 0) is 49.2 Å². The number of ether oxygens (including phenoxy) is 2. The molecule has 7 heteroatoms. The van der Waals surface area contributed by atoms with E-state index in [9.17, 15) is 4.79 Å². The Kier molecular flexibility index (Phi) is 7.00. The third-order valence-electron chi connectivity index (χ3n) is 4.22. The van der Waals surface area contributed by atoms with Gasteiger partial charge < -0.3 is 20.1 Å². The van der Waals surface area contributed by atoms with Crippen LogP contribution in [0.25, 0.3) is 0 Å². The molecule has 0 atom stereocenters. The molecule has 0 fully saturated rings. The van der Waals surface area contributed by atoms with Gasteiger partial charge >= 0.3 is 0 Å². The Morgan fingerprint density at radius 2 is 1.69 bits per heavy atom. The third-order valence-corrected chi connectivity index (χ3v) is 4.22. The van der Waals surface area contributed by atoms with Gasteiger partial charge in [-0.2, -0.15) is 0 Å². The SMILES string of the molecule is COc1ccccc1CCNc1ccc(NC(=O)COc2ccc(C)cc2)nn1. The number of hydrogen-bond acceptors (Lipinski definition) is 6. The summed E-state index contributed by atoms with van der Waals surface area (Å²) < 4.78 is 10.8. The molecule has 0 aliphatic carbocycles. The van der Waals surface area contributed by atoms with Crippen molar-refractivity contribution < 1.29 is 14.3 Å². The number of benzene rings is 2. The highest BCUT2D eigenvalue weighted by Crippen LogP contribution is 2.18. The van der Waals surface area contributed by atoms with Crippen molar-refractivity contribution in [3.63, 3.8) is 0 Å². The lowest BCUT2D eigenvalue weighted by Gasteiger charge is -2.10. The Labute approximate surface area is 170 Å². The Morgan fingerprint density at radius 3 is 2.41 bits per heavy atom. The second-order valence-electron chi connectivity index (χ2n) is 6.44. The molecule has 0 saturated heterocycles. The van der Waals surface area contributed by atoms with Crippen molar-refractivity contribution in [3.05, 3.63) is 71.8 Å². The number of nitrogens with zero attached hydrogens (tertiary/aromatic N) is 2. The van der Waals surface area contributed by atoms with Crippen LogP contribution in [0.1, 0.15) is 11.1 Å². The van der Waals surface area contributed by atoms with Gasteiger partial charge in [0.15, 0.2) is 12.4 Å². The van der Waals surface area contributed by atoms with E-state index in [2.05, 4.69) is 20.8 Å². The minimum absolute atomic E-state index is 0.0936. The monoisotopic (exact) mass is 392 g/mol. The normalized spacial score (nSPS) is 10.3. The zero-order chi connectivity index (χ0) is 20.5. The first-order valence-corrected chi connectivity index (χ1v) is 9.33.